The molecule has 1 aromatic rings. The van der Waals surface area contributed by atoms with Gasteiger partial charge in [-0.3, -0.25) is 14.6 Å². The average molecular weight is 271 g/mol. The molecular weight excluding hydrogens is 250 g/mol. The van der Waals surface area contributed by atoms with E-state index in [1.807, 2.05) is 0 Å². The van der Waals surface area contributed by atoms with Gasteiger partial charge in [0.1, 0.15) is 0 Å². The second-order valence-electron chi connectivity index (χ2n) is 6.25. The van der Waals surface area contributed by atoms with Gasteiger partial charge < -0.3 is 5.32 Å². The van der Waals surface area contributed by atoms with Crippen LogP contribution in [0.1, 0.15) is 18.4 Å². The summed E-state index contributed by atoms with van der Waals surface area (Å²) in [5.41, 5.74) is 1.39. The number of carbonyl (C=O) groups excluding carboxylic acids is 1. The molecular formula is C16H21N3O. The number of hydrogen-bond acceptors (Lipinski definition) is 3. The second kappa shape index (κ2) is 4.86. The van der Waals surface area contributed by atoms with E-state index in [0.29, 0.717) is 12.1 Å². The van der Waals surface area contributed by atoms with Crippen molar-refractivity contribution in [3.63, 3.8) is 0 Å². The fourth-order valence-electron chi connectivity index (χ4n) is 4.07. The third kappa shape index (κ3) is 2.03. The largest absolute Gasteiger partial charge is 0.355 e. The monoisotopic (exact) mass is 271 g/mol. The Kier molecular flexibility index (Phi) is 3.00. The van der Waals surface area contributed by atoms with Crippen molar-refractivity contribution in [3.8, 4) is 0 Å². The lowest BCUT2D eigenvalue weighted by Gasteiger charge is -2.36. The van der Waals surface area contributed by atoms with E-state index in [4.69, 9.17) is 0 Å². The van der Waals surface area contributed by atoms with Crippen molar-refractivity contribution < 1.29 is 4.79 Å². The summed E-state index contributed by atoms with van der Waals surface area (Å²) >= 11 is 0. The molecule has 0 saturated carbocycles. The van der Waals surface area contributed by atoms with Gasteiger partial charge in [0.15, 0.2) is 0 Å². The van der Waals surface area contributed by atoms with Crippen LogP contribution in [0.3, 0.4) is 0 Å². The molecule has 20 heavy (non-hydrogen) atoms. The summed E-state index contributed by atoms with van der Waals surface area (Å²) < 4.78 is 0. The first kappa shape index (κ1) is 12.4. The Hall–Kier alpha value is -1.39. The van der Waals surface area contributed by atoms with E-state index in [1.165, 1.54) is 12.0 Å². The van der Waals surface area contributed by atoms with Crippen molar-refractivity contribution in [3.05, 3.63) is 35.9 Å². The van der Waals surface area contributed by atoms with Gasteiger partial charge in [-0.15, -0.1) is 0 Å². The maximum atomic E-state index is 11.8. The van der Waals surface area contributed by atoms with E-state index in [1.54, 1.807) is 0 Å². The molecule has 0 aromatic heterocycles. The SMILES string of the molecule is O=C1NCCC1N1C[C@@H]2C[C@H]1CN2Cc1ccccc1. The van der Waals surface area contributed by atoms with Crippen molar-refractivity contribution in [2.45, 2.75) is 37.5 Å². The highest BCUT2D eigenvalue weighted by molar-refractivity contribution is 5.83. The van der Waals surface area contributed by atoms with Crippen LogP contribution >= 0.6 is 0 Å². The minimum absolute atomic E-state index is 0.142. The Balaban J connectivity index is 1.41. The number of fused-ring (bicyclic) bond motifs is 2. The van der Waals surface area contributed by atoms with Crippen LogP contribution in [-0.4, -0.2) is 53.5 Å². The number of rotatable bonds is 3. The van der Waals surface area contributed by atoms with Crippen molar-refractivity contribution in [1.82, 2.24) is 15.1 Å². The van der Waals surface area contributed by atoms with Crippen LogP contribution in [0.5, 0.6) is 0 Å². The molecule has 3 aliphatic heterocycles. The summed E-state index contributed by atoms with van der Waals surface area (Å²) in [6.07, 6.45) is 2.22. The summed E-state index contributed by atoms with van der Waals surface area (Å²) in [5.74, 6) is 0.243. The van der Waals surface area contributed by atoms with Crippen molar-refractivity contribution in [2.24, 2.45) is 0 Å². The lowest BCUT2D eigenvalue weighted by Crippen LogP contribution is -2.52. The van der Waals surface area contributed by atoms with E-state index in [2.05, 4.69) is 45.4 Å². The van der Waals surface area contributed by atoms with Gasteiger partial charge in [-0.25, -0.2) is 0 Å². The number of nitrogens with zero attached hydrogens (tertiary/aromatic N) is 2. The predicted octanol–water partition coefficient (Wildman–Crippen LogP) is 0.834. The zero-order valence-electron chi connectivity index (χ0n) is 11.7. The summed E-state index contributed by atoms with van der Waals surface area (Å²) in [7, 11) is 0. The van der Waals surface area contributed by atoms with E-state index >= 15 is 0 Å². The lowest BCUT2D eigenvalue weighted by molar-refractivity contribution is -0.124. The molecule has 3 atom stereocenters. The van der Waals surface area contributed by atoms with Crippen LogP contribution in [0, 0.1) is 0 Å². The first-order chi connectivity index (χ1) is 9.81. The highest BCUT2D eigenvalue weighted by Gasteiger charge is 2.47. The van der Waals surface area contributed by atoms with Gasteiger partial charge in [0.05, 0.1) is 6.04 Å². The van der Waals surface area contributed by atoms with Crippen LogP contribution in [0.25, 0.3) is 0 Å². The van der Waals surface area contributed by atoms with E-state index in [0.717, 1.165) is 32.6 Å². The minimum atomic E-state index is 0.142. The second-order valence-corrected chi connectivity index (χ2v) is 6.25. The van der Waals surface area contributed by atoms with Gasteiger partial charge in [-0.05, 0) is 18.4 Å². The molecule has 0 aliphatic carbocycles. The maximum absolute atomic E-state index is 11.8. The number of benzene rings is 1. The smallest absolute Gasteiger partial charge is 0.237 e. The molecule has 0 radical (unpaired) electrons. The Morgan fingerprint density at radius 1 is 1.15 bits per heavy atom. The third-order valence-corrected chi connectivity index (χ3v) is 5.04. The average Bonchev–Trinajstić information content (AvgIpc) is 3.14. The van der Waals surface area contributed by atoms with Crippen molar-refractivity contribution in [1.29, 1.82) is 0 Å². The summed E-state index contributed by atoms with van der Waals surface area (Å²) in [6, 6.07) is 12.1. The normalized spacial score (nSPS) is 33.8. The highest BCUT2D eigenvalue weighted by Crippen LogP contribution is 2.34. The number of carbonyl (C=O) groups is 1. The van der Waals surface area contributed by atoms with Crippen LogP contribution in [0.15, 0.2) is 30.3 Å². The van der Waals surface area contributed by atoms with E-state index < -0.39 is 0 Å². The highest BCUT2D eigenvalue weighted by atomic mass is 16.2. The topological polar surface area (TPSA) is 35.6 Å². The number of nitrogens with one attached hydrogen (secondary N) is 1. The molecule has 0 spiro atoms. The summed E-state index contributed by atoms with van der Waals surface area (Å²) in [5, 5.41) is 2.96. The molecule has 4 heteroatoms. The molecule has 3 heterocycles. The first-order valence-electron chi connectivity index (χ1n) is 7.63. The predicted molar refractivity (Wildman–Crippen MR) is 77.2 cm³/mol. The van der Waals surface area contributed by atoms with E-state index in [-0.39, 0.29) is 11.9 Å². The Labute approximate surface area is 119 Å². The zero-order chi connectivity index (χ0) is 13.5. The zero-order valence-corrected chi connectivity index (χ0v) is 11.7. The fraction of sp³-hybridized carbons (Fsp3) is 0.562. The molecule has 3 fully saturated rings. The standard InChI is InChI=1S/C16H21N3O/c20-16-15(6-7-17-16)19-11-13-8-14(19)10-18(13)9-12-4-2-1-3-5-12/h1-5,13-15H,6-11H2,(H,17,20)/t13-,14-,15?/m0/s1. The van der Waals surface area contributed by atoms with Crippen molar-refractivity contribution >= 4 is 5.91 Å². The van der Waals surface area contributed by atoms with Gasteiger partial charge in [0.25, 0.3) is 0 Å². The Morgan fingerprint density at radius 3 is 2.65 bits per heavy atom. The summed E-state index contributed by atoms with van der Waals surface area (Å²) in [6.45, 7) is 4.08. The van der Waals surface area contributed by atoms with Crippen LogP contribution < -0.4 is 5.32 Å². The van der Waals surface area contributed by atoms with Crippen LogP contribution in [0.2, 0.25) is 0 Å². The van der Waals surface area contributed by atoms with Gasteiger partial charge in [-0.1, -0.05) is 30.3 Å². The van der Waals surface area contributed by atoms with Gasteiger partial charge in [0.2, 0.25) is 5.91 Å². The number of amides is 1. The molecule has 106 valence electrons. The molecule has 1 amide bonds. The van der Waals surface area contributed by atoms with Crippen LogP contribution in [-0.2, 0) is 11.3 Å². The molecule has 3 aliphatic rings. The summed E-state index contributed by atoms with van der Waals surface area (Å²) in [4.78, 5) is 16.9. The Bertz CT molecular complexity index is 504. The Morgan fingerprint density at radius 2 is 2.00 bits per heavy atom. The fourth-order valence-corrected chi connectivity index (χ4v) is 4.07. The van der Waals surface area contributed by atoms with Crippen molar-refractivity contribution in [2.75, 3.05) is 19.6 Å². The van der Waals surface area contributed by atoms with E-state index in [9.17, 15) is 4.79 Å². The van der Waals surface area contributed by atoms with Gasteiger partial charge in [-0.2, -0.15) is 0 Å². The molecule has 1 unspecified atom stereocenters. The molecule has 1 aromatic carbocycles. The number of likely N-dealkylation sites (tertiary alicyclic amines) is 2. The maximum Gasteiger partial charge on any atom is 0.237 e. The van der Waals surface area contributed by atoms with Gasteiger partial charge >= 0.3 is 0 Å². The molecule has 4 rings (SSSR count). The minimum Gasteiger partial charge on any atom is -0.355 e. The van der Waals surface area contributed by atoms with Crippen LogP contribution in [0.4, 0.5) is 0 Å². The quantitative estimate of drug-likeness (QED) is 0.884. The number of hydrogen-bond donors (Lipinski definition) is 1. The molecule has 3 saturated heterocycles. The molecule has 4 nitrogen and oxygen atoms in total. The first-order valence-corrected chi connectivity index (χ1v) is 7.63. The molecule has 2 bridgehead atoms. The third-order valence-electron chi connectivity index (χ3n) is 5.04. The van der Waals surface area contributed by atoms with Gasteiger partial charge in [0, 0.05) is 38.3 Å². The molecule has 1 N–H and O–H groups in total. The number of piperazine rings is 1. The lowest BCUT2D eigenvalue weighted by atomic mass is 10.1.